The van der Waals surface area contributed by atoms with Gasteiger partial charge in [0.05, 0.1) is 12.0 Å². The van der Waals surface area contributed by atoms with E-state index in [1.807, 2.05) is 24.3 Å². The highest BCUT2D eigenvalue weighted by atomic mass is 35.5. The van der Waals surface area contributed by atoms with E-state index in [0.29, 0.717) is 5.02 Å². The summed E-state index contributed by atoms with van der Waals surface area (Å²) in [5.74, 6) is 0.178. The molecule has 1 aliphatic heterocycles. The van der Waals surface area contributed by atoms with Crippen LogP contribution in [0.15, 0.2) is 24.3 Å². The molecule has 0 aromatic heterocycles. The predicted molar refractivity (Wildman–Crippen MR) is 64.5 cm³/mol. The Morgan fingerprint density at radius 2 is 2.00 bits per heavy atom. The van der Waals surface area contributed by atoms with Crippen LogP contribution in [0, 0.1) is 5.92 Å². The molecule has 0 bridgehead atoms. The van der Waals surface area contributed by atoms with Crippen LogP contribution in [0.4, 0.5) is 0 Å². The molecule has 1 aromatic rings. The zero-order valence-corrected chi connectivity index (χ0v) is 10.1. The summed E-state index contributed by atoms with van der Waals surface area (Å²) in [6, 6.07) is 7.41. The molecule has 3 nitrogen and oxygen atoms in total. The fraction of sp³-hybridized carbons (Fsp3) is 0.462. The Labute approximate surface area is 105 Å². The van der Waals surface area contributed by atoms with E-state index in [4.69, 9.17) is 16.3 Å². The second-order valence-electron chi connectivity index (χ2n) is 4.65. The Kier molecular flexibility index (Phi) is 2.81. The van der Waals surface area contributed by atoms with Crippen molar-refractivity contribution < 1.29 is 9.53 Å². The van der Waals surface area contributed by atoms with Gasteiger partial charge in [-0.1, -0.05) is 23.7 Å². The molecule has 1 saturated heterocycles. The van der Waals surface area contributed by atoms with Crippen molar-refractivity contribution in [3.05, 3.63) is 34.9 Å². The van der Waals surface area contributed by atoms with E-state index in [2.05, 4.69) is 5.32 Å². The van der Waals surface area contributed by atoms with Crippen molar-refractivity contribution in [2.45, 2.75) is 31.6 Å². The topological polar surface area (TPSA) is 38.3 Å². The quantitative estimate of drug-likeness (QED) is 0.833. The number of rotatable bonds is 1. The summed E-state index contributed by atoms with van der Waals surface area (Å²) in [4.78, 5) is 11.9. The molecule has 1 heterocycles. The van der Waals surface area contributed by atoms with Crippen molar-refractivity contribution in [3.8, 4) is 0 Å². The lowest BCUT2D eigenvalue weighted by Gasteiger charge is -2.33. The lowest BCUT2D eigenvalue weighted by molar-refractivity contribution is -0.150. The first kappa shape index (κ1) is 11.1. The van der Waals surface area contributed by atoms with Crippen molar-refractivity contribution in [2.75, 3.05) is 0 Å². The highest BCUT2D eigenvalue weighted by Gasteiger charge is 2.40. The molecule has 0 unspecified atom stereocenters. The Morgan fingerprint density at radius 3 is 2.76 bits per heavy atom. The van der Waals surface area contributed by atoms with Gasteiger partial charge in [-0.15, -0.1) is 0 Å². The number of halogens is 1. The highest BCUT2D eigenvalue weighted by Crippen LogP contribution is 2.35. The molecule has 2 fully saturated rings. The van der Waals surface area contributed by atoms with Crippen molar-refractivity contribution in [2.24, 2.45) is 5.92 Å². The first-order valence-electron chi connectivity index (χ1n) is 5.95. The highest BCUT2D eigenvalue weighted by molar-refractivity contribution is 6.30. The number of hydrogen-bond acceptors (Lipinski definition) is 2. The standard InChI is InChI=1S/C13H14ClNO2/c14-9-6-4-8(5-7-9)13-15-12(16)10-2-1-3-11(10)17-13/h4-7,10-11,13H,1-3H2,(H,15,16)/t10-,11+,13-/m1/s1. The maximum atomic E-state index is 11.9. The summed E-state index contributed by atoms with van der Waals surface area (Å²) in [5, 5.41) is 3.61. The van der Waals surface area contributed by atoms with E-state index in [1.54, 1.807) is 0 Å². The van der Waals surface area contributed by atoms with Crippen LogP contribution in [0.25, 0.3) is 0 Å². The molecule has 1 aromatic carbocycles. The van der Waals surface area contributed by atoms with E-state index in [9.17, 15) is 4.79 Å². The summed E-state index contributed by atoms with van der Waals surface area (Å²) in [5.41, 5.74) is 0.952. The van der Waals surface area contributed by atoms with E-state index < -0.39 is 0 Å². The van der Waals surface area contributed by atoms with Gasteiger partial charge in [0.15, 0.2) is 6.23 Å². The molecule has 0 radical (unpaired) electrons. The second-order valence-corrected chi connectivity index (χ2v) is 5.09. The maximum Gasteiger partial charge on any atom is 0.227 e. The number of carbonyl (C=O) groups is 1. The van der Waals surface area contributed by atoms with E-state index in [1.165, 1.54) is 0 Å². The maximum absolute atomic E-state index is 11.9. The molecule has 1 N–H and O–H groups in total. The minimum Gasteiger partial charge on any atom is -0.350 e. The number of fused-ring (bicyclic) bond motifs is 1. The van der Waals surface area contributed by atoms with Crippen LogP contribution in [0.3, 0.4) is 0 Å². The van der Waals surface area contributed by atoms with Crippen molar-refractivity contribution >= 4 is 17.5 Å². The van der Waals surface area contributed by atoms with Crippen molar-refractivity contribution in [3.63, 3.8) is 0 Å². The summed E-state index contributed by atoms with van der Waals surface area (Å²) < 4.78 is 5.93. The third-order valence-electron chi connectivity index (χ3n) is 3.55. The zero-order valence-electron chi connectivity index (χ0n) is 9.36. The molecule has 1 aliphatic carbocycles. The summed E-state index contributed by atoms with van der Waals surface area (Å²) in [6.07, 6.45) is 2.78. The van der Waals surface area contributed by atoms with Gasteiger partial charge in [-0.2, -0.15) is 0 Å². The summed E-state index contributed by atoms with van der Waals surface area (Å²) in [7, 11) is 0. The van der Waals surface area contributed by atoms with E-state index >= 15 is 0 Å². The average Bonchev–Trinajstić information content (AvgIpc) is 2.78. The molecule has 1 amide bonds. The van der Waals surface area contributed by atoms with Gasteiger partial charge in [0.2, 0.25) is 5.91 Å². The Bertz CT molecular complexity index is 432. The van der Waals surface area contributed by atoms with Crippen molar-refractivity contribution in [1.82, 2.24) is 5.32 Å². The molecular weight excluding hydrogens is 238 g/mol. The van der Waals surface area contributed by atoms with Crippen LogP contribution in [0.5, 0.6) is 0 Å². The first-order valence-corrected chi connectivity index (χ1v) is 6.33. The van der Waals surface area contributed by atoms with Gasteiger partial charge in [0.1, 0.15) is 0 Å². The molecule has 3 atom stereocenters. The average molecular weight is 252 g/mol. The van der Waals surface area contributed by atoms with Gasteiger partial charge in [0, 0.05) is 10.6 Å². The zero-order chi connectivity index (χ0) is 11.8. The Balaban J connectivity index is 1.81. The van der Waals surface area contributed by atoms with Crippen LogP contribution in [0.2, 0.25) is 5.02 Å². The predicted octanol–water partition coefficient (Wildman–Crippen LogP) is 2.65. The lowest BCUT2D eigenvalue weighted by atomic mass is 10.0. The Hall–Kier alpha value is -1.06. The van der Waals surface area contributed by atoms with E-state index in [0.717, 1.165) is 24.8 Å². The monoisotopic (exact) mass is 251 g/mol. The van der Waals surface area contributed by atoms with Crippen LogP contribution >= 0.6 is 11.6 Å². The minimum atomic E-state index is -0.320. The number of carbonyl (C=O) groups excluding carboxylic acids is 1. The van der Waals surface area contributed by atoms with Crippen LogP contribution < -0.4 is 5.32 Å². The SMILES string of the molecule is O=C1N[C@@H](c2ccc(Cl)cc2)O[C@H]2CCC[C@@H]12. The number of amides is 1. The second kappa shape index (κ2) is 4.31. The fourth-order valence-electron chi connectivity index (χ4n) is 2.63. The fourth-order valence-corrected chi connectivity index (χ4v) is 2.76. The number of ether oxygens (including phenoxy) is 1. The van der Waals surface area contributed by atoms with E-state index in [-0.39, 0.29) is 24.2 Å². The summed E-state index contributed by atoms with van der Waals surface area (Å²) >= 11 is 5.84. The Morgan fingerprint density at radius 1 is 1.24 bits per heavy atom. The van der Waals surface area contributed by atoms with Gasteiger partial charge in [0.25, 0.3) is 0 Å². The number of benzene rings is 1. The minimum absolute atomic E-state index is 0.0542. The molecule has 90 valence electrons. The molecule has 1 saturated carbocycles. The first-order chi connectivity index (χ1) is 8.24. The van der Waals surface area contributed by atoms with Crippen LogP contribution in [-0.4, -0.2) is 12.0 Å². The molecule has 4 heteroatoms. The van der Waals surface area contributed by atoms with Crippen LogP contribution in [0.1, 0.15) is 31.1 Å². The lowest BCUT2D eigenvalue weighted by Crippen LogP contribution is -2.46. The third-order valence-corrected chi connectivity index (χ3v) is 3.80. The number of hydrogen-bond donors (Lipinski definition) is 1. The smallest absolute Gasteiger partial charge is 0.227 e. The van der Waals surface area contributed by atoms with Gasteiger partial charge in [-0.3, -0.25) is 4.79 Å². The van der Waals surface area contributed by atoms with Gasteiger partial charge >= 0.3 is 0 Å². The largest absolute Gasteiger partial charge is 0.350 e. The van der Waals surface area contributed by atoms with Gasteiger partial charge < -0.3 is 10.1 Å². The van der Waals surface area contributed by atoms with Crippen LogP contribution in [-0.2, 0) is 9.53 Å². The third kappa shape index (κ3) is 2.05. The van der Waals surface area contributed by atoms with Gasteiger partial charge in [-0.05, 0) is 31.4 Å². The molecule has 3 rings (SSSR count). The molecule has 17 heavy (non-hydrogen) atoms. The van der Waals surface area contributed by atoms with Crippen molar-refractivity contribution in [1.29, 1.82) is 0 Å². The molecular formula is C13H14ClNO2. The molecule has 2 aliphatic rings. The number of nitrogens with one attached hydrogen (secondary N) is 1. The van der Waals surface area contributed by atoms with Gasteiger partial charge in [-0.25, -0.2) is 0 Å². The normalized spacial score (nSPS) is 32.1. The molecule has 0 spiro atoms. The summed E-state index contributed by atoms with van der Waals surface area (Å²) in [6.45, 7) is 0.